The molecular formula is C16H28N2O3. The topological polar surface area (TPSA) is 58.6 Å². The SMILES string of the molecule is CC(C)[C@H](NC(=O)C1CCCCC1)C(=O)N1CCOCC1. The van der Waals surface area contributed by atoms with E-state index in [9.17, 15) is 9.59 Å². The van der Waals surface area contributed by atoms with Gasteiger partial charge in [0, 0.05) is 19.0 Å². The summed E-state index contributed by atoms with van der Waals surface area (Å²) in [5, 5.41) is 3.01. The summed E-state index contributed by atoms with van der Waals surface area (Å²) in [7, 11) is 0. The fourth-order valence-electron chi connectivity index (χ4n) is 3.13. The van der Waals surface area contributed by atoms with Crippen LogP contribution < -0.4 is 5.32 Å². The van der Waals surface area contributed by atoms with Crippen molar-refractivity contribution in [2.75, 3.05) is 26.3 Å². The molecule has 1 heterocycles. The van der Waals surface area contributed by atoms with Gasteiger partial charge in [-0.25, -0.2) is 0 Å². The van der Waals surface area contributed by atoms with Gasteiger partial charge >= 0.3 is 0 Å². The number of ether oxygens (including phenoxy) is 1. The van der Waals surface area contributed by atoms with Crippen LogP contribution in [0.25, 0.3) is 0 Å². The maximum absolute atomic E-state index is 12.6. The number of nitrogens with one attached hydrogen (secondary N) is 1. The van der Waals surface area contributed by atoms with Crippen molar-refractivity contribution < 1.29 is 14.3 Å². The Morgan fingerprint density at radius 2 is 1.71 bits per heavy atom. The van der Waals surface area contributed by atoms with Gasteiger partial charge in [0.15, 0.2) is 0 Å². The fourth-order valence-corrected chi connectivity index (χ4v) is 3.13. The molecule has 5 nitrogen and oxygen atoms in total. The quantitative estimate of drug-likeness (QED) is 0.856. The number of carbonyl (C=O) groups excluding carboxylic acids is 2. The second kappa shape index (κ2) is 7.78. The maximum atomic E-state index is 12.6. The molecular weight excluding hydrogens is 268 g/mol. The third-order valence-electron chi connectivity index (χ3n) is 4.53. The standard InChI is InChI=1S/C16H28N2O3/c1-12(2)14(16(20)18-8-10-21-11-9-18)17-15(19)13-6-4-3-5-7-13/h12-14H,3-11H2,1-2H3,(H,17,19)/t14-/m0/s1. The van der Waals surface area contributed by atoms with Gasteiger partial charge in [-0.2, -0.15) is 0 Å². The number of hydrogen-bond acceptors (Lipinski definition) is 3. The van der Waals surface area contributed by atoms with Crippen LogP contribution in [-0.2, 0) is 14.3 Å². The molecule has 1 aliphatic carbocycles. The lowest BCUT2D eigenvalue weighted by atomic mass is 9.88. The summed E-state index contributed by atoms with van der Waals surface area (Å²) in [6.45, 7) is 6.41. The molecule has 2 rings (SSSR count). The van der Waals surface area contributed by atoms with Gasteiger partial charge in [0.25, 0.3) is 0 Å². The number of nitrogens with zero attached hydrogens (tertiary/aromatic N) is 1. The van der Waals surface area contributed by atoms with Gasteiger partial charge in [-0.1, -0.05) is 33.1 Å². The molecule has 2 fully saturated rings. The predicted molar refractivity (Wildman–Crippen MR) is 80.7 cm³/mol. The zero-order valence-corrected chi connectivity index (χ0v) is 13.3. The minimum absolute atomic E-state index is 0.0393. The van der Waals surface area contributed by atoms with E-state index < -0.39 is 6.04 Å². The highest BCUT2D eigenvalue weighted by atomic mass is 16.5. The first-order valence-electron chi connectivity index (χ1n) is 8.26. The summed E-state index contributed by atoms with van der Waals surface area (Å²) >= 11 is 0. The van der Waals surface area contributed by atoms with Gasteiger partial charge in [0.1, 0.15) is 6.04 Å². The maximum Gasteiger partial charge on any atom is 0.245 e. The average molecular weight is 296 g/mol. The van der Waals surface area contributed by atoms with Crippen LogP contribution in [0.15, 0.2) is 0 Å². The highest BCUT2D eigenvalue weighted by Gasteiger charge is 2.31. The molecule has 0 radical (unpaired) electrons. The van der Waals surface area contributed by atoms with Crippen molar-refractivity contribution in [1.29, 1.82) is 0 Å². The first kappa shape index (κ1) is 16.3. The van der Waals surface area contributed by atoms with Crippen molar-refractivity contribution in [3.63, 3.8) is 0 Å². The largest absolute Gasteiger partial charge is 0.378 e. The van der Waals surface area contributed by atoms with Crippen LogP contribution in [0.1, 0.15) is 46.0 Å². The Balaban J connectivity index is 1.94. The smallest absolute Gasteiger partial charge is 0.245 e. The Hall–Kier alpha value is -1.10. The normalized spacial score (nSPS) is 22.1. The van der Waals surface area contributed by atoms with Gasteiger partial charge in [-0.15, -0.1) is 0 Å². The van der Waals surface area contributed by atoms with Crippen LogP contribution in [0.3, 0.4) is 0 Å². The molecule has 0 aromatic heterocycles. The first-order chi connectivity index (χ1) is 10.1. The molecule has 2 amide bonds. The van der Waals surface area contributed by atoms with Crippen molar-refractivity contribution in [1.82, 2.24) is 10.2 Å². The number of amides is 2. The Morgan fingerprint density at radius 1 is 1.10 bits per heavy atom. The summed E-state index contributed by atoms with van der Waals surface area (Å²) in [4.78, 5) is 26.8. The fraction of sp³-hybridized carbons (Fsp3) is 0.875. The highest BCUT2D eigenvalue weighted by molar-refractivity contribution is 5.88. The van der Waals surface area contributed by atoms with Crippen LogP contribution in [0.2, 0.25) is 0 Å². The van der Waals surface area contributed by atoms with E-state index in [4.69, 9.17) is 4.74 Å². The first-order valence-corrected chi connectivity index (χ1v) is 8.26. The van der Waals surface area contributed by atoms with Crippen LogP contribution in [0, 0.1) is 11.8 Å². The van der Waals surface area contributed by atoms with Gasteiger partial charge in [-0.05, 0) is 18.8 Å². The number of rotatable bonds is 4. The van der Waals surface area contributed by atoms with Gasteiger partial charge in [-0.3, -0.25) is 9.59 Å². The van der Waals surface area contributed by atoms with Crippen LogP contribution >= 0.6 is 0 Å². The number of morpholine rings is 1. The van der Waals surface area contributed by atoms with E-state index in [1.54, 1.807) is 0 Å². The van der Waals surface area contributed by atoms with E-state index in [-0.39, 0.29) is 23.7 Å². The number of carbonyl (C=O) groups is 2. The molecule has 0 bridgehead atoms. The lowest BCUT2D eigenvalue weighted by Crippen LogP contribution is -2.54. The van der Waals surface area contributed by atoms with Crippen molar-refractivity contribution in [2.45, 2.75) is 52.0 Å². The van der Waals surface area contributed by atoms with Crippen LogP contribution in [0.5, 0.6) is 0 Å². The van der Waals surface area contributed by atoms with Gasteiger partial charge < -0.3 is 15.0 Å². The molecule has 0 spiro atoms. The summed E-state index contributed by atoms with van der Waals surface area (Å²) in [6, 6.07) is -0.405. The average Bonchev–Trinajstić information content (AvgIpc) is 2.53. The third-order valence-corrected chi connectivity index (χ3v) is 4.53. The Bertz CT molecular complexity index is 359. The Kier molecular flexibility index (Phi) is 6.03. The lowest BCUT2D eigenvalue weighted by Gasteiger charge is -2.33. The molecule has 2 aliphatic rings. The Morgan fingerprint density at radius 3 is 2.29 bits per heavy atom. The van der Waals surface area contributed by atoms with Crippen molar-refractivity contribution in [3.05, 3.63) is 0 Å². The molecule has 5 heteroatoms. The molecule has 21 heavy (non-hydrogen) atoms. The van der Waals surface area contributed by atoms with Crippen molar-refractivity contribution in [3.8, 4) is 0 Å². The minimum atomic E-state index is -0.405. The van der Waals surface area contributed by atoms with Gasteiger partial charge in [0.05, 0.1) is 13.2 Å². The summed E-state index contributed by atoms with van der Waals surface area (Å²) in [5.41, 5.74) is 0. The van der Waals surface area contributed by atoms with E-state index in [1.165, 1.54) is 6.42 Å². The van der Waals surface area contributed by atoms with E-state index in [2.05, 4.69) is 5.32 Å². The zero-order valence-electron chi connectivity index (χ0n) is 13.3. The molecule has 0 aromatic rings. The molecule has 0 unspecified atom stereocenters. The monoisotopic (exact) mass is 296 g/mol. The number of hydrogen-bond donors (Lipinski definition) is 1. The molecule has 1 aliphatic heterocycles. The molecule has 1 saturated carbocycles. The van der Waals surface area contributed by atoms with Crippen molar-refractivity contribution in [2.24, 2.45) is 11.8 Å². The second-order valence-electron chi connectivity index (χ2n) is 6.50. The molecule has 1 saturated heterocycles. The van der Waals surface area contributed by atoms with Crippen LogP contribution in [0.4, 0.5) is 0 Å². The van der Waals surface area contributed by atoms with E-state index in [0.29, 0.717) is 26.3 Å². The van der Waals surface area contributed by atoms with Gasteiger partial charge in [0.2, 0.25) is 11.8 Å². The van der Waals surface area contributed by atoms with Crippen LogP contribution in [-0.4, -0.2) is 49.1 Å². The molecule has 1 N–H and O–H groups in total. The zero-order chi connectivity index (χ0) is 15.2. The molecule has 120 valence electrons. The predicted octanol–water partition coefficient (Wildman–Crippen LogP) is 1.57. The summed E-state index contributed by atoms with van der Waals surface area (Å²) in [5.74, 6) is 0.304. The van der Waals surface area contributed by atoms with Crippen molar-refractivity contribution >= 4 is 11.8 Å². The summed E-state index contributed by atoms with van der Waals surface area (Å²) in [6.07, 6.45) is 5.40. The summed E-state index contributed by atoms with van der Waals surface area (Å²) < 4.78 is 5.29. The molecule has 1 atom stereocenters. The molecule has 0 aromatic carbocycles. The van der Waals surface area contributed by atoms with E-state index in [0.717, 1.165) is 25.7 Å². The Labute approximate surface area is 127 Å². The lowest BCUT2D eigenvalue weighted by molar-refractivity contribution is -0.142. The minimum Gasteiger partial charge on any atom is -0.378 e. The van der Waals surface area contributed by atoms with E-state index >= 15 is 0 Å². The van der Waals surface area contributed by atoms with E-state index in [1.807, 2.05) is 18.7 Å². The third kappa shape index (κ3) is 4.43. The second-order valence-corrected chi connectivity index (χ2v) is 6.50. The highest BCUT2D eigenvalue weighted by Crippen LogP contribution is 2.24.